The van der Waals surface area contributed by atoms with Crippen LogP contribution < -0.4 is 5.32 Å². The second kappa shape index (κ2) is 6.53. The average molecular weight is 303 g/mol. The third-order valence-corrected chi connectivity index (χ3v) is 4.01. The number of benzene rings is 1. The molecule has 0 aliphatic carbocycles. The van der Waals surface area contributed by atoms with Crippen molar-refractivity contribution in [2.24, 2.45) is 0 Å². The van der Waals surface area contributed by atoms with Crippen molar-refractivity contribution in [3.63, 3.8) is 0 Å². The molecule has 1 aromatic heterocycles. The lowest BCUT2D eigenvalue weighted by Crippen LogP contribution is -2.11. The lowest BCUT2D eigenvalue weighted by Gasteiger charge is -2.06. The summed E-state index contributed by atoms with van der Waals surface area (Å²) in [6.45, 7) is 3.38. The zero-order chi connectivity index (χ0) is 15.4. The molecule has 0 radical (unpaired) electrons. The van der Waals surface area contributed by atoms with Crippen LogP contribution in [-0.4, -0.2) is 17.6 Å². The Morgan fingerprint density at radius 3 is 2.76 bits per heavy atom. The van der Waals surface area contributed by atoms with E-state index in [-0.39, 0.29) is 18.3 Å². The molecule has 0 fully saturated rings. The van der Waals surface area contributed by atoms with Crippen molar-refractivity contribution in [1.29, 1.82) is 0 Å². The second-order valence-corrected chi connectivity index (χ2v) is 5.55. The van der Waals surface area contributed by atoms with E-state index in [0.29, 0.717) is 16.1 Å². The molecule has 0 unspecified atom stereocenters. The number of carbonyl (C=O) groups is 1. The fourth-order valence-corrected chi connectivity index (χ4v) is 2.73. The molecule has 0 saturated carbocycles. The molecule has 0 bridgehead atoms. The van der Waals surface area contributed by atoms with E-state index in [2.05, 4.69) is 17.2 Å². The fourth-order valence-electron chi connectivity index (χ4n) is 1.79. The summed E-state index contributed by atoms with van der Waals surface area (Å²) in [6.07, 6.45) is 0. The summed E-state index contributed by atoms with van der Waals surface area (Å²) in [5.74, 6) is 4.79. The van der Waals surface area contributed by atoms with Crippen LogP contribution in [0.25, 0.3) is 0 Å². The van der Waals surface area contributed by atoms with Crippen LogP contribution in [0.15, 0.2) is 24.3 Å². The molecule has 0 saturated heterocycles. The number of aryl methyl sites for hydroxylation is 2. The van der Waals surface area contributed by atoms with Crippen molar-refractivity contribution in [3.05, 3.63) is 51.0 Å². The highest BCUT2D eigenvalue weighted by Crippen LogP contribution is 2.23. The Kier molecular flexibility index (Phi) is 4.73. The Morgan fingerprint density at radius 2 is 2.10 bits per heavy atom. The molecule has 0 atom stereocenters. The van der Waals surface area contributed by atoms with Gasteiger partial charge in [-0.05, 0) is 49.2 Å². The number of aliphatic hydroxyl groups excluding tert-OH is 1. The number of carbonyl (C=O) groups excluding carboxylic acids is 1. The molecule has 0 aliphatic rings. The number of thiophene rings is 1. The maximum Gasteiger partial charge on any atom is 0.265 e. The molecule has 1 aromatic carbocycles. The number of rotatable bonds is 2. The van der Waals surface area contributed by atoms with E-state index < -0.39 is 0 Å². The van der Waals surface area contributed by atoms with Crippen LogP contribution in [0.5, 0.6) is 0 Å². The highest BCUT2D eigenvalue weighted by Gasteiger charge is 2.13. The maximum atomic E-state index is 13.0. The van der Waals surface area contributed by atoms with Gasteiger partial charge in [-0.1, -0.05) is 11.8 Å². The predicted molar refractivity (Wildman–Crippen MR) is 82.1 cm³/mol. The Hall–Kier alpha value is -2.16. The molecule has 5 heteroatoms. The molecule has 21 heavy (non-hydrogen) atoms. The van der Waals surface area contributed by atoms with E-state index in [0.717, 1.165) is 10.4 Å². The zero-order valence-electron chi connectivity index (χ0n) is 11.7. The van der Waals surface area contributed by atoms with Crippen LogP contribution in [-0.2, 0) is 0 Å². The molecular formula is C16H14FNO2S. The minimum Gasteiger partial charge on any atom is -0.384 e. The summed E-state index contributed by atoms with van der Waals surface area (Å²) in [7, 11) is 0. The highest BCUT2D eigenvalue weighted by molar-refractivity contribution is 7.14. The van der Waals surface area contributed by atoms with Crippen LogP contribution in [0.1, 0.15) is 25.7 Å². The van der Waals surface area contributed by atoms with Crippen molar-refractivity contribution in [1.82, 2.24) is 0 Å². The summed E-state index contributed by atoms with van der Waals surface area (Å²) in [4.78, 5) is 13.5. The van der Waals surface area contributed by atoms with E-state index in [9.17, 15) is 9.18 Å². The van der Waals surface area contributed by atoms with Gasteiger partial charge in [0.15, 0.2) is 0 Å². The van der Waals surface area contributed by atoms with Gasteiger partial charge in [0, 0.05) is 5.69 Å². The Morgan fingerprint density at radius 1 is 1.33 bits per heavy atom. The molecule has 2 N–H and O–H groups in total. The summed E-state index contributed by atoms with van der Waals surface area (Å²) in [5, 5.41) is 11.5. The van der Waals surface area contributed by atoms with Gasteiger partial charge in [-0.2, -0.15) is 0 Å². The number of anilines is 1. The largest absolute Gasteiger partial charge is 0.384 e. The Bertz CT molecular complexity index is 740. The summed E-state index contributed by atoms with van der Waals surface area (Å²) < 4.78 is 13.0. The van der Waals surface area contributed by atoms with Gasteiger partial charge >= 0.3 is 0 Å². The first-order valence-corrected chi connectivity index (χ1v) is 7.10. The van der Waals surface area contributed by atoms with Crippen LogP contribution in [0.3, 0.4) is 0 Å². The average Bonchev–Trinajstić information content (AvgIpc) is 2.81. The highest BCUT2D eigenvalue weighted by atomic mass is 32.1. The first-order valence-electron chi connectivity index (χ1n) is 6.29. The molecule has 2 aromatic rings. The molecular weight excluding hydrogens is 289 g/mol. The Balaban J connectivity index is 2.21. The predicted octanol–water partition coefficient (Wildman–Crippen LogP) is 3.10. The number of hydrogen-bond donors (Lipinski definition) is 2. The van der Waals surface area contributed by atoms with Gasteiger partial charge in [0.05, 0.1) is 9.75 Å². The molecule has 3 nitrogen and oxygen atoms in total. The zero-order valence-corrected chi connectivity index (χ0v) is 12.5. The maximum absolute atomic E-state index is 13.0. The van der Waals surface area contributed by atoms with E-state index in [1.165, 1.54) is 29.5 Å². The molecule has 1 heterocycles. The summed E-state index contributed by atoms with van der Waals surface area (Å²) in [5.41, 5.74) is 2.13. The number of amides is 1. The number of nitrogens with one attached hydrogen (secondary N) is 1. The first kappa shape index (κ1) is 15.2. The SMILES string of the molecule is Cc1cc(F)ccc1NC(=O)c1cc(C)c(C#CCO)s1. The molecule has 108 valence electrons. The van der Waals surface area contributed by atoms with Gasteiger partial charge in [0.25, 0.3) is 5.91 Å². The van der Waals surface area contributed by atoms with Gasteiger partial charge in [-0.25, -0.2) is 4.39 Å². The van der Waals surface area contributed by atoms with Crippen molar-refractivity contribution in [2.45, 2.75) is 13.8 Å². The van der Waals surface area contributed by atoms with E-state index in [4.69, 9.17) is 5.11 Å². The second-order valence-electron chi connectivity index (χ2n) is 4.50. The normalized spacial score (nSPS) is 9.90. The van der Waals surface area contributed by atoms with Crippen molar-refractivity contribution < 1.29 is 14.3 Å². The van der Waals surface area contributed by atoms with Gasteiger partial charge < -0.3 is 10.4 Å². The van der Waals surface area contributed by atoms with Gasteiger partial charge in [0.1, 0.15) is 12.4 Å². The molecule has 1 amide bonds. The van der Waals surface area contributed by atoms with Gasteiger partial charge in [0.2, 0.25) is 0 Å². The van der Waals surface area contributed by atoms with E-state index in [1.54, 1.807) is 13.0 Å². The minimum atomic E-state index is -0.334. The van der Waals surface area contributed by atoms with Crippen LogP contribution >= 0.6 is 11.3 Å². The van der Waals surface area contributed by atoms with Crippen LogP contribution in [0.4, 0.5) is 10.1 Å². The summed E-state index contributed by atoms with van der Waals surface area (Å²) in [6, 6.07) is 5.96. The van der Waals surface area contributed by atoms with Gasteiger partial charge in [-0.3, -0.25) is 4.79 Å². The van der Waals surface area contributed by atoms with E-state index >= 15 is 0 Å². The van der Waals surface area contributed by atoms with Crippen molar-refractivity contribution in [3.8, 4) is 11.8 Å². The van der Waals surface area contributed by atoms with Gasteiger partial charge in [-0.15, -0.1) is 11.3 Å². The lowest BCUT2D eigenvalue weighted by atomic mass is 10.2. The van der Waals surface area contributed by atoms with Crippen LogP contribution in [0, 0.1) is 31.5 Å². The third-order valence-electron chi connectivity index (χ3n) is 2.86. The van der Waals surface area contributed by atoms with Crippen molar-refractivity contribution in [2.75, 3.05) is 11.9 Å². The lowest BCUT2D eigenvalue weighted by molar-refractivity contribution is 0.103. The molecule has 0 spiro atoms. The minimum absolute atomic E-state index is 0.215. The smallest absolute Gasteiger partial charge is 0.265 e. The number of aliphatic hydroxyl groups is 1. The third kappa shape index (κ3) is 3.69. The molecule has 2 rings (SSSR count). The summed E-state index contributed by atoms with van der Waals surface area (Å²) >= 11 is 1.26. The topological polar surface area (TPSA) is 49.3 Å². The van der Waals surface area contributed by atoms with E-state index in [1.807, 2.05) is 6.92 Å². The van der Waals surface area contributed by atoms with Crippen LogP contribution in [0.2, 0.25) is 0 Å². The fraction of sp³-hybridized carbons (Fsp3) is 0.188. The number of halogens is 1. The quantitative estimate of drug-likeness (QED) is 0.838. The number of hydrogen-bond acceptors (Lipinski definition) is 3. The monoisotopic (exact) mass is 303 g/mol. The standard InChI is InChI=1S/C16H14FNO2S/c1-10-8-12(17)5-6-13(10)18-16(20)15-9-11(2)14(21-15)4-3-7-19/h5-6,8-9,19H,7H2,1-2H3,(H,18,20). The Labute approximate surface area is 126 Å². The first-order chi connectivity index (χ1) is 10.0. The van der Waals surface area contributed by atoms with Crippen molar-refractivity contribution >= 4 is 22.9 Å². The molecule has 0 aliphatic heterocycles.